The second-order valence-corrected chi connectivity index (χ2v) is 9.88. The number of nitrogens with one attached hydrogen (secondary N) is 2. The quantitative estimate of drug-likeness (QED) is 0.315. The summed E-state index contributed by atoms with van der Waals surface area (Å²) in [6, 6.07) is 17.7. The summed E-state index contributed by atoms with van der Waals surface area (Å²) in [6.07, 6.45) is 2.31. The second kappa shape index (κ2) is 9.58. The molecule has 2 aliphatic rings. The molecule has 38 heavy (non-hydrogen) atoms. The molecule has 0 amide bonds. The van der Waals surface area contributed by atoms with Gasteiger partial charge in [-0.3, -0.25) is 9.59 Å². The molecule has 1 aliphatic carbocycles. The lowest BCUT2D eigenvalue weighted by Crippen LogP contribution is -2.29. The number of hydrogen-bond donors (Lipinski definition) is 2. The van der Waals surface area contributed by atoms with Crippen LogP contribution in [0, 0.1) is 0 Å². The van der Waals surface area contributed by atoms with E-state index in [9.17, 15) is 9.59 Å². The van der Waals surface area contributed by atoms with Gasteiger partial charge in [0.25, 0.3) is 0 Å². The highest BCUT2D eigenvalue weighted by atomic mass is 35.5. The predicted molar refractivity (Wildman–Crippen MR) is 147 cm³/mol. The maximum Gasteiger partial charge on any atom is 0.198 e. The number of methoxy groups -OCH3 is 2. The molecule has 6 rings (SSSR count). The molecule has 0 saturated carbocycles. The minimum Gasteiger partial charge on any atom is -0.493 e. The molecule has 2 atom stereocenters. The zero-order valence-electron chi connectivity index (χ0n) is 20.8. The number of carbonyl (C=O) groups is 1. The molecular weight excluding hydrogens is 504 g/mol. The Morgan fingerprint density at radius 1 is 0.921 bits per heavy atom. The standard InChI is InChI=1S/C30H25ClN2O5/c1-36-26-9-7-16(13-27(26)37-2)17-11-23-28(24(34)12-17)29(33-22-6-4-3-5-21(22)32-23)20-15-38-25-10-8-18(31)14-19(25)30(20)35/h3-10,13-15,17,29,32-33H,11-12H2,1-2H3/t17-,29+/m0/s1. The maximum atomic E-state index is 13.9. The topological polar surface area (TPSA) is 89.8 Å². The number of carbonyl (C=O) groups excluding carboxylic acids is 1. The number of anilines is 2. The summed E-state index contributed by atoms with van der Waals surface area (Å²) in [5.41, 5.74) is 4.46. The highest BCUT2D eigenvalue weighted by Crippen LogP contribution is 2.45. The van der Waals surface area contributed by atoms with Gasteiger partial charge in [-0.2, -0.15) is 0 Å². The molecule has 8 heteroatoms. The summed E-state index contributed by atoms with van der Waals surface area (Å²) in [5, 5.41) is 7.75. The molecule has 2 heterocycles. The fourth-order valence-corrected chi connectivity index (χ4v) is 5.56. The summed E-state index contributed by atoms with van der Waals surface area (Å²) in [7, 11) is 3.19. The van der Waals surface area contributed by atoms with E-state index in [4.69, 9.17) is 25.5 Å². The normalized spacial score (nSPS) is 18.7. The van der Waals surface area contributed by atoms with Gasteiger partial charge in [0.2, 0.25) is 0 Å². The van der Waals surface area contributed by atoms with Crippen LogP contribution in [0.1, 0.15) is 35.9 Å². The van der Waals surface area contributed by atoms with Gasteiger partial charge in [0.1, 0.15) is 11.8 Å². The maximum absolute atomic E-state index is 13.9. The fourth-order valence-electron chi connectivity index (χ4n) is 5.39. The van der Waals surface area contributed by atoms with Crippen LogP contribution in [0.3, 0.4) is 0 Å². The van der Waals surface area contributed by atoms with Crippen molar-refractivity contribution in [3.63, 3.8) is 0 Å². The molecule has 7 nitrogen and oxygen atoms in total. The molecule has 2 N–H and O–H groups in total. The van der Waals surface area contributed by atoms with Crippen molar-refractivity contribution in [1.29, 1.82) is 0 Å². The number of Topliss-reactive ketones (excluding diaryl/α,β-unsaturated/α-hetero) is 1. The van der Waals surface area contributed by atoms with E-state index < -0.39 is 6.04 Å². The lowest BCUT2D eigenvalue weighted by Gasteiger charge is -2.29. The van der Waals surface area contributed by atoms with Crippen molar-refractivity contribution in [2.75, 3.05) is 24.9 Å². The highest BCUT2D eigenvalue weighted by molar-refractivity contribution is 6.31. The number of ether oxygens (including phenoxy) is 2. The van der Waals surface area contributed by atoms with Gasteiger partial charge in [-0.15, -0.1) is 0 Å². The van der Waals surface area contributed by atoms with Crippen molar-refractivity contribution >= 4 is 39.7 Å². The number of halogens is 1. The lowest BCUT2D eigenvalue weighted by atomic mass is 9.78. The summed E-state index contributed by atoms with van der Waals surface area (Å²) in [6.45, 7) is 0. The van der Waals surface area contributed by atoms with Gasteiger partial charge in [-0.05, 0) is 60.4 Å². The molecule has 0 unspecified atom stereocenters. The smallest absolute Gasteiger partial charge is 0.198 e. The van der Waals surface area contributed by atoms with Crippen molar-refractivity contribution in [3.05, 3.63) is 105 Å². The van der Waals surface area contributed by atoms with Gasteiger partial charge >= 0.3 is 0 Å². The van der Waals surface area contributed by atoms with E-state index in [-0.39, 0.29) is 23.6 Å². The van der Waals surface area contributed by atoms with Gasteiger partial charge < -0.3 is 24.5 Å². The zero-order chi connectivity index (χ0) is 26.4. The third kappa shape index (κ3) is 4.09. The number of fused-ring (bicyclic) bond motifs is 2. The fraction of sp³-hybridized carbons (Fsp3) is 0.200. The molecule has 3 aromatic carbocycles. The molecule has 0 saturated heterocycles. The number of rotatable bonds is 4. The van der Waals surface area contributed by atoms with Crippen molar-refractivity contribution < 1.29 is 18.7 Å². The van der Waals surface area contributed by atoms with Gasteiger partial charge in [0.05, 0.1) is 42.6 Å². The van der Waals surface area contributed by atoms with Crippen molar-refractivity contribution in [3.8, 4) is 11.5 Å². The Morgan fingerprint density at radius 3 is 2.50 bits per heavy atom. The monoisotopic (exact) mass is 528 g/mol. The van der Waals surface area contributed by atoms with Crippen LogP contribution in [0.2, 0.25) is 5.02 Å². The summed E-state index contributed by atoms with van der Waals surface area (Å²) < 4.78 is 16.7. The molecule has 0 bridgehead atoms. The van der Waals surface area contributed by atoms with Crippen LogP contribution in [-0.2, 0) is 4.79 Å². The van der Waals surface area contributed by atoms with E-state index in [1.165, 1.54) is 6.26 Å². The summed E-state index contributed by atoms with van der Waals surface area (Å²) in [5.74, 6) is 1.12. The van der Waals surface area contributed by atoms with Gasteiger partial charge in [0.15, 0.2) is 22.7 Å². The second-order valence-electron chi connectivity index (χ2n) is 9.44. The third-order valence-corrected chi connectivity index (χ3v) is 7.50. The van der Waals surface area contributed by atoms with E-state index in [0.717, 1.165) is 22.6 Å². The Morgan fingerprint density at radius 2 is 1.71 bits per heavy atom. The minimum absolute atomic E-state index is 0.0468. The Bertz CT molecular complexity index is 1680. The molecule has 0 fully saturated rings. The first-order chi connectivity index (χ1) is 18.5. The van der Waals surface area contributed by atoms with Gasteiger partial charge in [0, 0.05) is 22.7 Å². The summed E-state index contributed by atoms with van der Waals surface area (Å²) in [4.78, 5) is 27.5. The molecule has 1 aromatic heterocycles. The number of benzene rings is 3. The van der Waals surface area contributed by atoms with Crippen molar-refractivity contribution in [2.24, 2.45) is 0 Å². The molecule has 192 valence electrons. The number of hydrogen-bond acceptors (Lipinski definition) is 7. The van der Waals surface area contributed by atoms with Crippen molar-refractivity contribution in [1.82, 2.24) is 0 Å². The SMILES string of the molecule is COc1ccc([C@@H]2CC(=O)C3=C(C2)Nc2ccccc2N[C@@H]3c2coc3ccc(Cl)cc3c2=O)cc1OC. The molecular formula is C30H25ClN2O5. The Hall–Kier alpha value is -4.23. The number of ketones is 1. The zero-order valence-corrected chi connectivity index (χ0v) is 21.6. The van der Waals surface area contributed by atoms with E-state index in [1.54, 1.807) is 32.4 Å². The molecule has 0 spiro atoms. The van der Waals surface area contributed by atoms with Crippen LogP contribution in [0.15, 0.2) is 87.4 Å². The summed E-state index contributed by atoms with van der Waals surface area (Å²) >= 11 is 6.18. The molecule has 1 aliphatic heterocycles. The van der Waals surface area contributed by atoms with E-state index in [2.05, 4.69) is 10.6 Å². The highest BCUT2D eigenvalue weighted by Gasteiger charge is 2.37. The van der Waals surface area contributed by atoms with Crippen LogP contribution >= 0.6 is 11.6 Å². The Kier molecular flexibility index (Phi) is 6.08. The predicted octanol–water partition coefficient (Wildman–Crippen LogP) is 6.44. The van der Waals surface area contributed by atoms with Crippen LogP contribution in [0.4, 0.5) is 11.4 Å². The van der Waals surface area contributed by atoms with Crippen LogP contribution in [0.5, 0.6) is 11.5 Å². The minimum atomic E-state index is -0.695. The molecule has 0 radical (unpaired) electrons. The van der Waals surface area contributed by atoms with Crippen molar-refractivity contribution in [2.45, 2.75) is 24.8 Å². The first-order valence-corrected chi connectivity index (χ1v) is 12.7. The Balaban J connectivity index is 1.48. The molecule has 4 aromatic rings. The van der Waals surface area contributed by atoms with E-state index >= 15 is 0 Å². The lowest BCUT2D eigenvalue weighted by molar-refractivity contribution is -0.116. The largest absolute Gasteiger partial charge is 0.493 e. The van der Waals surface area contributed by atoms with Crippen LogP contribution in [0.25, 0.3) is 11.0 Å². The average Bonchev–Trinajstić information content (AvgIpc) is 3.10. The first-order valence-electron chi connectivity index (χ1n) is 12.3. The first kappa shape index (κ1) is 24.1. The number of allylic oxidation sites excluding steroid dienone is 1. The third-order valence-electron chi connectivity index (χ3n) is 7.26. The van der Waals surface area contributed by atoms with Crippen LogP contribution < -0.4 is 25.5 Å². The average molecular weight is 529 g/mol. The van der Waals surface area contributed by atoms with Crippen LogP contribution in [-0.4, -0.2) is 20.0 Å². The van der Waals surface area contributed by atoms with Gasteiger partial charge in [-0.25, -0.2) is 0 Å². The van der Waals surface area contributed by atoms with E-state index in [1.807, 2.05) is 42.5 Å². The Labute approximate surface area is 224 Å². The van der Waals surface area contributed by atoms with Gasteiger partial charge in [-0.1, -0.05) is 29.8 Å². The van der Waals surface area contributed by atoms with E-state index in [0.29, 0.717) is 45.0 Å². The number of para-hydroxylation sites is 2.